The van der Waals surface area contributed by atoms with Crippen LogP contribution in [0.5, 0.6) is 0 Å². The van der Waals surface area contributed by atoms with Crippen LogP contribution in [0.1, 0.15) is 0 Å². The summed E-state index contributed by atoms with van der Waals surface area (Å²) in [4.78, 5) is 3.85. The van der Waals surface area contributed by atoms with Crippen molar-refractivity contribution in [3.8, 4) is 0 Å². The van der Waals surface area contributed by atoms with Crippen molar-refractivity contribution in [1.82, 2.24) is 0 Å². The number of hydrogen-bond acceptors (Lipinski definition) is 3. The van der Waals surface area contributed by atoms with E-state index in [2.05, 4.69) is 4.99 Å². The van der Waals surface area contributed by atoms with Crippen molar-refractivity contribution in [2.45, 2.75) is 6.17 Å². The minimum atomic E-state index is 0.0787. The summed E-state index contributed by atoms with van der Waals surface area (Å²) in [5, 5.41) is 0. The molecule has 0 saturated carbocycles. The van der Waals surface area contributed by atoms with Crippen LogP contribution in [0, 0.1) is 0 Å². The molecule has 0 aliphatic carbocycles. The Morgan fingerprint density at radius 2 is 2.83 bits per heavy atom. The largest absolute Gasteiger partial charge is 0.309 e. The third-order valence-electron chi connectivity index (χ3n) is 0.594. The molecule has 1 aliphatic rings. The highest BCUT2D eigenvalue weighted by molar-refractivity contribution is 8.12. The fourth-order valence-corrected chi connectivity index (χ4v) is 0.918. The van der Waals surface area contributed by atoms with Gasteiger partial charge in [-0.2, -0.15) is 0 Å². The molecule has 0 aromatic carbocycles. The van der Waals surface area contributed by atoms with Gasteiger partial charge in [-0.3, -0.25) is 4.99 Å². The van der Waals surface area contributed by atoms with E-state index in [1.807, 2.05) is 0 Å². The summed E-state index contributed by atoms with van der Waals surface area (Å²) in [6.07, 6.45) is 0.0787. The standard InChI is InChI=1S/C3H6N2S/c4-3-1-6-2-5-3/h2-3H,1,4H2. The van der Waals surface area contributed by atoms with E-state index in [0.717, 1.165) is 5.75 Å². The van der Waals surface area contributed by atoms with Gasteiger partial charge in [0.1, 0.15) is 6.17 Å². The Bertz CT molecular complexity index is 71.2. The molecule has 0 saturated heterocycles. The molecular formula is C3H6N2S. The van der Waals surface area contributed by atoms with Crippen molar-refractivity contribution in [2.24, 2.45) is 10.7 Å². The van der Waals surface area contributed by atoms with E-state index in [9.17, 15) is 0 Å². The van der Waals surface area contributed by atoms with Gasteiger partial charge >= 0.3 is 0 Å². The molecule has 1 atom stereocenters. The van der Waals surface area contributed by atoms with Crippen LogP contribution in [0.3, 0.4) is 0 Å². The molecule has 0 amide bonds. The lowest BCUT2D eigenvalue weighted by atomic mass is 10.6. The van der Waals surface area contributed by atoms with Crippen molar-refractivity contribution < 1.29 is 0 Å². The smallest absolute Gasteiger partial charge is 0.107 e. The molecule has 3 heteroatoms. The second-order valence-corrected chi connectivity index (χ2v) is 2.03. The third-order valence-corrected chi connectivity index (χ3v) is 1.40. The predicted octanol–water partition coefficient (Wildman–Crippen LogP) is 0.0463. The van der Waals surface area contributed by atoms with Crippen molar-refractivity contribution in [2.75, 3.05) is 5.75 Å². The van der Waals surface area contributed by atoms with Crippen molar-refractivity contribution >= 4 is 17.3 Å². The molecule has 0 spiro atoms. The molecule has 1 unspecified atom stereocenters. The molecule has 2 N–H and O–H groups in total. The Hall–Kier alpha value is -0.0200. The van der Waals surface area contributed by atoms with Crippen LogP contribution in [0.4, 0.5) is 0 Å². The van der Waals surface area contributed by atoms with Gasteiger partial charge in [0.15, 0.2) is 0 Å². The molecule has 1 heterocycles. The second kappa shape index (κ2) is 1.62. The number of nitrogens with two attached hydrogens (primary N) is 1. The van der Waals surface area contributed by atoms with Gasteiger partial charge in [-0.1, -0.05) is 0 Å². The summed E-state index contributed by atoms with van der Waals surface area (Å²) < 4.78 is 0. The van der Waals surface area contributed by atoms with Gasteiger partial charge in [-0.05, 0) is 0 Å². The van der Waals surface area contributed by atoms with Crippen LogP contribution in [0.15, 0.2) is 4.99 Å². The summed E-state index contributed by atoms with van der Waals surface area (Å²) in [5.74, 6) is 0.958. The van der Waals surface area contributed by atoms with Gasteiger partial charge in [-0.25, -0.2) is 0 Å². The van der Waals surface area contributed by atoms with E-state index in [-0.39, 0.29) is 6.17 Å². The van der Waals surface area contributed by atoms with Crippen molar-refractivity contribution in [3.05, 3.63) is 0 Å². The first-order valence-electron chi connectivity index (χ1n) is 1.78. The Morgan fingerprint density at radius 3 is 3.00 bits per heavy atom. The van der Waals surface area contributed by atoms with E-state index in [0.29, 0.717) is 0 Å². The Balaban J connectivity index is 2.38. The summed E-state index contributed by atoms with van der Waals surface area (Å²) >= 11 is 1.67. The molecular weight excluding hydrogens is 96.1 g/mol. The summed E-state index contributed by atoms with van der Waals surface area (Å²) in [6.45, 7) is 0. The van der Waals surface area contributed by atoms with Crippen molar-refractivity contribution in [1.29, 1.82) is 0 Å². The maximum absolute atomic E-state index is 5.32. The van der Waals surface area contributed by atoms with Crippen LogP contribution in [-0.2, 0) is 0 Å². The first kappa shape index (κ1) is 4.15. The minimum Gasteiger partial charge on any atom is -0.309 e. The molecule has 6 heavy (non-hydrogen) atoms. The SMILES string of the molecule is NC1CSC=N1. The van der Waals surface area contributed by atoms with Gasteiger partial charge in [-0.15, -0.1) is 11.8 Å². The number of thioether (sulfide) groups is 1. The normalized spacial score (nSPS) is 31.8. The van der Waals surface area contributed by atoms with E-state index < -0.39 is 0 Å². The van der Waals surface area contributed by atoms with Crippen LogP contribution < -0.4 is 5.73 Å². The molecule has 0 fully saturated rings. The van der Waals surface area contributed by atoms with E-state index in [1.54, 1.807) is 17.3 Å². The zero-order valence-electron chi connectivity index (χ0n) is 3.29. The minimum absolute atomic E-state index is 0.0787. The Kier molecular flexibility index (Phi) is 1.12. The third kappa shape index (κ3) is 0.725. The molecule has 0 radical (unpaired) electrons. The number of hydrogen-bond donors (Lipinski definition) is 1. The predicted molar refractivity (Wildman–Crippen MR) is 28.9 cm³/mol. The highest BCUT2D eigenvalue weighted by Crippen LogP contribution is 2.04. The average Bonchev–Trinajstić information content (AvgIpc) is 1.86. The molecule has 1 aliphatic heterocycles. The maximum atomic E-state index is 5.32. The topological polar surface area (TPSA) is 38.4 Å². The summed E-state index contributed by atoms with van der Waals surface area (Å²) in [5.41, 5.74) is 7.11. The van der Waals surface area contributed by atoms with Crippen molar-refractivity contribution in [3.63, 3.8) is 0 Å². The maximum Gasteiger partial charge on any atom is 0.107 e. The van der Waals surface area contributed by atoms with Gasteiger partial charge in [0, 0.05) is 5.75 Å². The van der Waals surface area contributed by atoms with E-state index in [1.165, 1.54) is 0 Å². The average molecular weight is 102 g/mol. The first-order chi connectivity index (χ1) is 2.89. The second-order valence-electron chi connectivity index (χ2n) is 1.16. The van der Waals surface area contributed by atoms with Crippen LogP contribution in [-0.4, -0.2) is 17.5 Å². The molecule has 34 valence electrons. The zero-order valence-corrected chi connectivity index (χ0v) is 4.11. The first-order valence-corrected chi connectivity index (χ1v) is 2.83. The lowest BCUT2D eigenvalue weighted by Crippen LogP contribution is -2.15. The highest BCUT2D eigenvalue weighted by Gasteiger charge is 2.01. The van der Waals surface area contributed by atoms with Crippen LogP contribution in [0.25, 0.3) is 0 Å². The van der Waals surface area contributed by atoms with Gasteiger partial charge in [0.25, 0.3) is 0 Å². The lowest BCUT2D eigenvalue weighted by molar-refractivity contribution is 0.822. The number of rotatable bonds is 0. The van der Waals surface area contributed by atoms with Crippen LogP contribution >= 0.6 is 11.8 Å². The van der Waals surface area contributed by atoms with Gasteiger partial charge < -0.3 is 5.73 Å². The Morgan fingerprint density at radius 1 is 2.00 bits per heavy atom. The molecule has 1 rings (SSSR count). The fourth-order valence-electron chi connectivity index (χ4n) is 0.306. The van der Waals surface area contributed by atoms with Gasteiger partial charge in [0.2, 0.25) is 0 Å². The van der Waals surface area contributed by atoms with Crippen LogP contribution in [0.2, 0.25) is 0 Å². The molecule has 0 bridgehead atoms. The number of aliphatic imine (C=N–C) groups is 1. The Labute approximate surface area is 40.8 Å². The molecule has 0 aromatic rings. The fraction of sp³-hybridized carbons (Fsp3) is 0.667. The summed E-state index contributed by atoms with van der Waals surface area (Å²) in [6, 6.07) is 0. The monoisotopic (exact) mass is 102 g/mol. The van der Waals surface area contributed by atoms with E-state index in [4.69, 9.17) is 5.73 Å². The number of nitrogens with zero attached hydrogens (tertiary/aromatic N) is 1. The van der Waals surface area contributed by atoms with Gasteiger partial charge in [0.05, 0.1) is 5.55 Å². The molecule has 0 aromatic heterocycles. The quantitative estimate of drug-likeness (QED) is 0.469. The zero-order chi connectivity index (χ0) is 4.41. The lowest BCUT2D eigenvalue weighted by Gasteiger charge is -1.88. The summed E-state index contributed by atoms with van der Waals surface area (Å²) in [7, 11) is 0. The van der Waals surface area contributed by atoms with E-state index >= 15 is 0 Å². The highest BCUT2D eigenvalue weighted by atomic mass is 32.2. The molecule has 2 nitrogen and oxygen atoms in total.